The van der Waals surface area contributed by atoms with Crippen molar-refractivity contribution in [2.75, 3.05) is 53.4 Å². The maximum Gasteiger partial charge on any atom is 0.490 e. The number of carbonyl (C=O) groups is 4. The first-order chi connectivity index (χ1) is 35.9. The third-order valence-corrected chi connectivity index (χ3v) is 14.1. The van der Waals surface area contributed by atoms with E-state index in [9.17, 15) is 69.5 Å². The molecule has 6 N–H and O–H groups in total. The number of nitrogens with one attached hydrogen (secondary N) is 2. The molecular formula is C46H46F12N6O12S2. The first-order valence-electron chi connectivity index (χ1n) is 21.8. The molecule has 2 saturated heterocycles. The van der Waals surface area contributed by atoms with Crippen LogP contribution in [0.15, 0.2) is 131 Å². The molecule has 0 amide bonds. The Bertz CT molecular complexity index is 3110. The number of benzene rings is 4. The van der Waals surface area contributed by atoms with Gasteiger partial charge in [-0.1, -0.05) is 60.7 Å². The van der Waals surface area contributed by atoms with Crippen LogP contribution in [0.3, 0.4) is 0 Å². The molecule has 2 aliphatic heterocycles. The van der Waals surface area contributed by atoms with Crippen LogP contribution in [0.25, 0.3) is 21.8 Å². The highest BCUT2D eigenvalue weighted by Gasteiger charge is 2.40. The summed E-state index contributed by atoms with van der Waals surface area (Å²) in [7, 11) is -2.93. The lowest BCUT2D eigenvalue weighted by Gasteiger charge is -2.38. The molecule has 2 aromatic heterocycles. The molecule has 4 heterocycles. The molecule has 6 aromatic rings. The fourth-order valence-corrected chi connectivity index (χ4v) is 9.71. The van der Waals surface area contributed by atoms with Crippen molar-refractivity contribution in [3.05, 3.63) is 133 Å². The summed E-state index contributed by atoms with van der Waals surface area (Å²) in [5.41, 5.74) is 3.75. The fraction of sp³-hybridized carbons (Fsp3) is 0.304. The normalized spacial score (nSPS) is 16.4. The van der Waals surface area contributed by atoms with E-state index < -0.39 is 68.6 Å². The number of aromatic nitrogens is 2. The van der Waals surface area contributed by atoms with Gasteiger partial charge >= 0.3 is 48.6 Å². The van der Waals surface area contributed by atoms with Gasteiger partial charge in [0.2, 0.25) is 0 Å². The zero-order chi connectivity index (χ0) is 59.2. The van der Waals surface area contributed by atoms with Gasteiger partial charge < -0.3 is 36.0 Å². The molecule has 78 heavy (non-hydrogen) atoms. The summed E-state index contributed by atoms with van der Waals surface area (Å²) in [4.78, 5) is 40.8. The maximum atomic E-state index is 13.1. The van der Waals surface area contributed by atoms with Crippen LogP contribution in [0.1, 0.15) is 23.2 Å². The van der Waals surface area contributed by atoms with Gasteiger partial charge in [0.1, 0.15) is 0 Å². The minimum absolute atomic E-state index is 0.192. The van der Waals surface area contributed by atoms with Crippen LogP contribution in [0, 0.1) is 0 Å². The number of fused-ring (bicyclic) bond motifs is 2. The van der Waals surface area contributed by atoms with Gasteiger partial charge in [-0.25, -0.2) is 44.0 Å². The minimum Gasteiger partial charge on any atom is -0.475 e. The number of likely N-dealkylation sites (N-methyl/N-ethyl adjacent to an activating group) is 2. The Balaban J connectivity index is 0.000000279. The van der Waals surface area contributed by atoms with Crippen LogP contribution in [-0.4, -0.2) is 157 Å². The summed E-state index contributed by atoms with van der Waals surface area (Å²) in [6.07, 6.45) is -17.0. The number of hydrogen-bond acceptors (Lipinski definition) is 12. The highest BCUT2D eigenvalue weighted by molar-refractivity contribution is 7.90. The molecule has 2 fully saturated rings. The fourth-order valence-electron chi connectivity index (χ4n) is 6.98. The summed E-state index contributed by atoms with van der Waals surface area (Å²) in [6, 6.07) is 33.2. The maximum absolute atomic E-state index is 13.1. The highest BCUT2D eigenvalue weighted by Crippen LogP contribution is 2.33. The Morgan fingerprint density at radius 3 is 1.21 bits per heavy atom. The van der Waals surface area contributed by atoms with E-state index in [2.05, 4.69) is 46.7 Å². The molecule has 4 aromatic carbocycles. The lowest BCUT2D eigenvalue weighted by atomic mass is 9.99. The molecule has 2 unspecified atom stereocenters. The molecule has 32 heteroatoms. The van der Waals surface area contributed by atoms with Gasteiger partial charge in [0, 0.05) is 74.5 Å². The first-order valence-corrected chi connectivity index (χ1v) is 24.7. The molecule has 8 rings (SSSR count). The first kappa shape index (κ1) is 65.0. The second kappa shape index (κ2) is 26.9. The standard InChI is InChI=1S/C20H23N3O2S.C18H19N3O2S.4C2HF3O2/c1-21-13-14-22(2)20(15-21)17-9-6-10-19-18(17)11-12-23(19)26(24,25)16-7-4-3-5-8-16;22-24(23,14-5-2-1-3-6-14)21-12-9-16-15(7-4-8-18(16)21)17-13-19-10-11-20-17;4*3-2(4,5)1(6)7/h3-12,20H,13-15H2,1-2H3;1-9,12,17,19-20H,10-11,13H2;4*(H,6,7). The van der Waals surface area contributed by atoms with E-state index in [1.54, 1.807) is 60.9 Å². The van der Waals surface area contributed by atoms with Gasteiger partial charge in [-0.2, -0.15) is 52.7 Å². The number of carboxylic acid groups (broad SMARTS) is 4. The topological polar surface area (TPSA) is 258 Å². The Kier molecular flexibility index (Phi) is 22.4. The number of alkyl halides is 12. The smallest absolute Gasteiger partial charge is 0.475 e. The average Bonchev–Trinajstić information content (AvgIpc) is 4.02. The predicted octanol–water partition coefficient (Wildman–Crippen LogP) is 7.44. The molecule has 18 nitrogen and oxygen atoms in total. The molecule has 0 aliphatic carbocycles. The molecule has 428 valence electrons. The second-order valence-corrected chi connectivity index (χ2v) is 19.7. The summed E-state index contributed by atoms with van der Waals surface area (Å²) < 4.78 is 182. The van der Waals surface area contributed by atoms with E-state index in [1.165, 1.54) is 13.5 Å². The molecule has 2 aliphatic rings. The third-order valence-electron chi connectivity index (χ3n) is 10.7. The van der Waals surface area contributed by atoms with Crippen LogP contribution >= 0.6 is 0 Å². The van der Waals surface area contributed by atoms with E-state index in [-0.39, 0.29) is 12.1 Å². The predicted molar refractivity (Wildman–Crippen MR) is 253 cm³/mol. The minimum atomic E-state index is -5.08. The summed E-state index contributed by atoms with van der Waals surface area (Å²) >= 11 is 0. The van der Waals surface area contributed by atoms with Crippen molar-refractivity contribution in [2.45, 2.75) is 46.6 Å². The third kappa shape index (κ3) is 18.2. The largest absolute Gasteiger partial charge is 0.490 e. The number of piperazine rings is 2. The van der Waals surface area contributed by atoms with E-state index in [0.717, 1.165) is 61.1 Å². The van der Waals surface area contributed by atoms with Crippen molar-refractivity contribution in [3.8, 4) is 0 Å². The van der Waals surface area contributed by atoms with E-state index >= 15 is 0 Å². The van der Waals surface area contributed by atoms with Crippen LogP contribution in [0.5, 0.6) is 0 Å². The van der Waals surface area contributed by atoms with Gasteiger partial charge in [0.15, 0.2) is 0 Å². The number of halogens is 12. The summed E-state index contributed by atoms with van der Waals surface area (Å²) in [6.45, 7) is 5.69. The lowest BCUT2D eigenvalue weighted by Crippen LogP contribution is -2.44. The van der Waals surface area contributed by atoms with Gasteiger partial charge in [-0.3, -0.25) is 4.90 Å². The van der Waals surface area contributed by atoms with Crippen molar-refractivity contribution in [1.29, 1.82) is 0 Å². The molecule has 0 spiro atoms. The van der Waals surface area contributed by atoms with Crippen LogP contribution in [0.2, 0.25) is 0 Å². The molecule has 0 saturated carbocycles. The van der Waals surface area contributed by atoms with Crippen LogP contribution in [0.4, 0.5) is 52.7 Å². The number of aliphatic carboxylic acids is 4. The van der Waals surface area contributed by atoms with Gasteiger partial charge in [0.25, 0.3) is 20.0 Å². The Morgan fingerprint density at radius 2 is 0.859 bits per heavy atom. The summed E-state index contributed by atoms with van der Waals surface area (Å²) in [5, 5.41) is 37.3. The number of rotatable bonds is 6. The number of carboxylic acids is 4. The Hall–Kier alpha value is -7.26. The van der Waals surface area contributed by atoms with Crippen molar-refractivity contribution >= 4 is 65.7 Å². The van der Waals surface area contributed by atoms with Crippen molar-refractivity contribution < 1.29 is 109 Å². The number of hydrogen-bond donors (Lipinski definition) is 6. The summed E-state index contributed by atoms with van der Waals surface area (Å²) in [5.74, 6) is -11.0. The van der Waals surface area contributed by atoms with Crippen LogP contribution < -0.4 is 10.6 Å². The SMILES string of the molecule is CN1CCN(C)C(c2cccc3c2ccn3S(=O)(=O)c2ccccc2)C1.O=C(O)C(F)(F)F.O=C(O)C(F)(F)F.O=C(O)C(F)(F)F.O=C(O)C(F)(F)F.O=S(=O)(c1ccccc1)n1ccc2c(C3CNCCN3)cccc21. The van der Waals surface area contributed by atoms with Crippen molar-refractivity contribution in [1.82, 2.24) is 28.4 Å². The molecule has 2 atom stereocenters. The molecular weight excluding hydrogens is 1120 g/mol. The quantitative estimate of drug-likeness (QED) is 0.0886. The van der Waals surface area contributed by atoms with E-state index in [1.807, 2.05) is 48.5 Å². The number of nitrogens with zero attached hydrogens (tertiary/aromatic N) is 4. The van der Waals surface area contributed by atoms with Gasteiger partial charge in [0.05, 0.1) is 20.8 Å². The average molecular weight is 1170 g/mol. The van der Waals surface area contributed by atoms with Crippen molar-refractivity contribution in [3.63, 3.8) is 0 Å². The molecule has 0 radical (unpaired) electrons. The van der Waals surface area contributed by atoms with Gasteiger partial charge in [-0.05, 0) is 73.8 Å². The van der Waals surface area contributed by atoms with Crippen molar-refractivity contribution in [2.24, 2.45) is 0 Å². The lowest BCUT2D eigenvalue weighted by molar-refractivity contribution is -0.193. The monoisotopic (exact) mass is 1170 g/mol. The zero-order valence-corrected chi connectivity index (χ0v) is 41.8. The van der Waals surface area contributed by atoms with Gasteiger partial charge in [-0.15, -0.1) is 0 Å². The van der Waals surface area contributed by atoms with E-state index in [0.29, 0.717) is 15.3 Å². The Morgan fingerprint density at radius 1 is 0.500 bits per heavy atom. The van der Waals surface area contributed by atoms with Crippen LogP contribution in [-0.2, 0) is 39.2 Å². The Labute approximate surface area is 434 Å². The second-order valence-electron chi connectivity index (χ2n) is 16.1. The van der Waals surface area contributed by atoms with E-state index in [4.69, 9.17) is 39.6 Å². The molecule has 0 bridgehead atoms. The highest BCUT2D eigenvalue weighted by atomic mass is 32.2. The zero-order valence-electron chi connectivity index (χ0n) is 40.1.